The van der Waals surface area contributed by atoms with Crippen LogP contribution in [0.3, 0.4) is 0 Å². The number of hydrogen-bond donors (Lipinski definition) is 0. The van der Waals surface area contributed by atoms with Crippen molar-refractivity contribution < 1.29 is 19.1 Å². The smallest absolute Gasteiger partial charge is 0.329 e. The minimum Gasteiger partial charge on any atom is -0.465 e. The van der Waals surface area contributed by atoms with E-state index in [4.69, 9.17) is 21.1 Å². The summed E-state index contributed by atoms with van der Waals surface area (Å²) < 4.78 is 10.4. The Morgan fingerprint density at radius 1 is 1.13 bits per heavy atom. The summed E-state index contributed by atoms with van der Waals surface area (Å²) in [7, 11) is 0. The van der Waals surface area contributed by atoms with E-state index in [1.165, 1.54) is 6.20 Å². The molecule has 128 valence electrons. The summed E-state index contributed by atoms with van der Waals surface area (Å²) >= 11 is 6.14. The van der Waals surface area contributed by atoms with E-state index >= 15 is 0 Å². The molecule has 0 aliphatic heterocycles. The zero-order chi connectivity index (χ0) is 17.6. The van der Waals surface area contributed by atoms with Crippen molar-refractivity contribution in [2.75, 3.05) is 13.2 Å². The highest BCUT2D eigenvalue weighted by atomic mass is 35.5. The zero-order valence-electron chi connectivity index (χ0n) is 14.4. The summed E-state index contributed by atoms with van der Waals surface area (Å²) in [6, 6.07) is 0. The number of esters is 2. The van der Waals surface area contributed by atoms with Gasteiger partial charge in [0, 0.05) is 6.20 Å². The fourth-order valence-electron chi connectivity index (χ4n) is 2.66. The Labute approximate surface area is 142 Å². The van der Waals surface area contributed by atoms with E-state index in [-0.39, 0.29) is 19.6 Å². The van der Waals surface area contributed by atoms with Gasteiger partial charge in [0.25, 0.3) is 0 Å². The van der Waals surface area contributed by atoms with Gasteiger partial charge in [0.2, 0.25) is 5.41 Å². The monoisotopic (exact) mass is 341 g/mol. The molecule has 1 rings (SSSR count). The fourth-order valence-corrected chi connectivity index (χ4v) is 2.82. The predicted octanol–water partition coefficient (Wildman–Crippen LogP) is 3.38. The predicted molar refractivity (Wildman–Crippen MR) is 88.6 cm³/mol. The molecular formula is C17H24ClNO4. The number of ether oxygens (including phenoxy) is 2. The molecule has 1 aromatic heterocycles. The Hall–Kier alpha value is -1.62. The lowest BCUT2D eigenvalue weighted by Gasteiger charge is -2.29. The Morgan fingerprint density at radius 2 is 1.65 bits per heavy atom. The average Bonchev–Trinajstić information content (AvgIpc) is 2.52. The Balaban J connectivity index is 3.67. The summed E-state index contributed by atoms with van der Waals surface area (Å²) in [5, 5.41) is 0.503. The molecule has 0 N–H and O–H groups in total. The molecule has 0 unspecified atom stereocenters. The molecule has 0 fully saturated rings. The van der Waals surface area contributed by atoms with E-state index in [1.807, 2.05) is 13.8 Å². The number of carbonyl (C=O) groups is 2. The number of carbonyl (C=O) groups excluding carboxylic acids is 2. The molecule has 0 aliphatic carbocycles. The van der Waals surface area contributed by atoms with E-state index < -0.39 is 17.4 Å². The van der Waals surface area contributed by atoms with Crippen molar-refractivity contribution in [2.45, 2.75) is 52.9 Å². The van der Waals surface area contributed by atoms with Crippen molar-refractivity contribution in [3.8, 4) is 0 Å². The zero-order valence-corrected chi connectivity index (χ0v) is 15.1. The fraction of sp³-hybridized carbons (Fsp3) is 0.588. The number of nitrogens with zero attached hydrogens (tertiary/aromatic N) is 1. The van der Waals surface area contributed by atoms with Crippen molar-refractivity contribution >= 4 is 23.5 Å². The van der Waals surface area contributed by atoms with Gasteiger partial charge in [0.1, 0.15) is 0 Å². The molecular weight excluding hydrogens is 318 g/mol. The highest BCUT2D eigenvalue weighted by Gasteiger charge is 2.51. The number of pyridine rings is 1. The van der Waals surface area contributed by atoms with Gasteiger partial charge in [0.05, 0.1) is 23.9 Å². The summed E-state index contributed by atoms with van der Waals surface area (Å²) in [4.78, 5) is 29.7. The first-order chi connectivity index (χ1) is 10.9. The molecule has 0 saturated heterocycles. The van der Waals surface area contributed by atoms with Gasteiger partial charge in [-0.1, -0.05) is 25.4 Å². The molecule has 5 nitrogen and oxygen atoms in total. The van der Waals surface area contributed by atoms with Crippen LogP contribution in [0.25, 0.3) is 0 Å². The largest absolute Gasteiger partial charge is 0.465 e. The lowest BCUT2D eigenvalue weighted by atomic mass is 9.78. The number of hydrogen-bond acceptors (Lipinski definition) is 5. The van der Waals surface area contributed by atoms with E-state index in [9.17, 15) is 9.59 Å². The maximum Gasteiger partial charge on any atom is 0.329 e. The Kier molecular flexibility index (Phi) is 7.01. The van der Waals surface area contributed by atoms with Crippen molar-refractivity contribution in [2.24, 2.45) is 0 Å². The van der Waals surface area contributed by atoms with Crippen molar-refractivity contribution in [1.82, 2.24) is 4.98 Å². The standard InChI is InChI=1S/C17H24ClNO4/c1-6-12-11(5)13(18)10-19-14(12)17(7-2,15(20)22-8-3)16(21)23-9-4/h10H,6-9H2,1-5H3. The third-order valence-corrected chi connectivity index (χ3v) is 4.32. The van der Waals surface area contributed by atoms with Gasteiger partial charge >= 0.3 is 11.9 Å². The van der Waals surface area contributed by atoms with Crippen LogP contribution in [0, 0.1) is 6.92 Å². The summed E-state index contributed by atoms with van der Waals surface area (Å²) in [5.74, 6) is -1.27. The van der Waals surface area contributed by atoms with E-state index in [0.29, 0.717) is 17.1 Å². The number of rotatable bonds is 7. The van der Waals surface area contributed by atoms with Crippen LogP contribution < -0.4 is 0 Å². The van der Waals surface area contributed by atoms with Crippen LogP contribution in [0.2, 0.25) is 5.02 Å². The average molecular weight is 342 g/mol. The molecule has 1 heterocycles. The second-order valence-corrected chi connectivity index (χ2v) is 5.52. The molecule has 0 atom stereocenters. The molecule has 0 aliphatic rings. The quantitative estimate of drug-likeness (QED) is 0.562. The Morgan fingerprint density at radius 3 is 2.04 bits per heavy atom. The highest BCUT2D eigenvalue weighted by molar-refractivity contribution is 6.31. The molecule has 0 radical (unpaired) electrons. The first-order valence-electron chi connectivity index (χ1n) is 7.89. The van der Waals surface area contributed by atoms with Crippen LogP contribution >= 0.6 is 11.6 Å². The van der Waals surface area contributed by atoms with E-state index in [0.717, 1.165) is 11.1 Å². The molecule has 6 heteroatoms. The molecule has 0 saturated carbocycles. The van der Waals surface area contributed by atoms with Gasteiger partial charge in [0.15, 0.2) is 0 Å². The molecule has 23 heavy (non-hydrogen) atoms. The van der Waals surface area contributed by atoms with E-state index in [2.05, 4.69) is 4.98 Å². The van der Waals surface area contributed by atoms with Crippen LogP contribution in [0.1, 0.15) is 50.9 Å². The van der Waals surface area contributed by atoms with Crippen molar-refractivity contribution in [3.63, 3.8) is 0 Å². The number of halogens is 1. The van der Waals surface area contributed by atoms with Crippen molar-refractivity contribution in [1.29, 1.82) is 0 Å². The normalized spacial score (nSPS) is 11.2. The van der Waals surface area contributed by atoms with Crippen LogP contribution in [0.4, 0.5) is 0 Å². The van der Waals surface area contributed by atoms with Crippen molar-refractivity contribution in [3.05, 3.63) is 28.0 Å². The SMILES string of the molecule is CCOC(=O)C(CC)(C(=O)OCC)c1ncc(Cl)c(C)c1CC. The second kappa shape index (κ2) is 8.29. The minimum atomic E-state index is -1.56. The molecule has 0 amide bonds. The lowest BCUT2D eigenvalue weighted by molar-refractivity contribution is -0.165. The maximum atomic E-state index is 12.7. The Bertz CT molecular complexity index is 568. The first kappa shape index (κ1) is 19.4. The van der Waals surface area contributed by atoms with Gasteiger partial charge in [-0.15, -0.1) is 0 Å². The van der Waals surface area contributed by atoms with Gasteiger partial charge in [-0.2, -0.15) is 0 Å². The van der Waals surface area contributed by atoms with Crippen LogP contribution in [0.15, 0.2) is 6.20 Å². The van der Waals surface area contributed by atoms with Crippen LogP contribution in [0.5, 0.6) is 0 Å². The van der Waals surface area contributed by atoms with Gasteiger partial charge < -0.3 is 9.47 Å². The number of aromatic nitrogens is 1. The molecule has 1 aromatic rings. The van der Waals surface area contributed by atoms with Gasteiger partial charge in [-0.25, -0.2) is 0 Å². The van der Waals surface area contributed by atoms with Crippen LogP contribution in [-0.4, -0.2) is 30.1 Å². The topological polar surface area (TPSA) is 65.5 Å². The second-order valence-electron chi connectivity index (χ2n) is 5.11. The van der Waals surface area contributed by atoms with Gasteiger partial charge in [-0.3, -0.25) is 14.6 Å². The molecule has 0 aromatic carbocycles. The molecule has 0 bridgehead atoms. The third kappa shape index (κ3) is 3.50. The minimum absolute atomic E-state index is 0.175. The highest BCUT2D eigenvalue weighted by Crippen LogP contribution is 2.35. The summed E-state index contributed by atoms with van der Waals surface area (Å²) in [6.07, 6.45) is 2.26. The maximum absolute atomic E-state index is 12.7. The summed E-state index contributed by atoms with van der Waals surface area (Å²) in [6.45, 7) is 9.28. The third-order valence-electron chi connectivity index (χ3n) is 3.94. The lowest BCUT2D eigenvalue weighted by Crippen LogP contribution is -2.47. The van der Waals surface area contributed by atoms with Gasteiger partial charge in [-0.05, 0) is 44.7 Å². The van der Waals surface area contributed by atoms with E-state index in [1.54, 1.807) is 20.8 Å². The van der Waals surface area contributed by atoms with Crippen LogP contribution in [-0.2, 0) is 30.9 Å². The summed E-state index contributed by atoms with van der Waals surface area (Å²) in [5.41, 5.74) is 0.402. The first-order valence-corrected chi connectivity index (χ1v) is 8.27. The molecule has 0 spiro atoms.